The minimum Gasteiger partial charge on any atom is -0.549 e. The molecule has 0 saturated carbocycles. The van der Waals surface area contributed by atoms with Crippen molar-refractivity contribution in [2.24, 2.45) is 10.8 Å². The average molecular weight is 273 g/mol. The highest BCUT2D eigenvalue weighted by Crippen LogP contribution is 2.44. The van der Waals surface area contributed by atoms with Gasteiger partial charge in [0.25, 0.3) is 0 Å². The summed E-state index contributed by atoms with van der Waals surface area (Å²) in [5.41, 5.74) is -9.19. The fourth-order valence-electron chi connectivity index (χ4n) is 1.78. The monoisotopic (exact) mass is 273 g/mol. The van der Waals surface area contributed by atoms with Crippen LogP contribution in [0.2, 0.25) is 0 Å². The molecule has 2 unspecified atom stereocenters. The van der Waals surface area contributed by atoms with E-state index in [2.05, 4.69) is 0 Å². The minimum absolute atomic E-state index is 0.561. The van der Waals surface area contributed by atoms with Crippen LogP contribution in [0.5, 0.6) is 0 Å². The van der Waals surface area contributed by atoms with Gasteiger partial charge in [0.15, 0.2) is 0 Å². The van der Waals surface area contributed by atoms with Crippen molar-refractivity contribution in [1.82, 2.24) is 0 Å². The Morgan fingerprint density at radius 3 is 1.37 bits per heavy atom. The summed E-state index contributed by atoms with van der Waals surface area (Å²) in [6.45, 7) is 2.67. The van der Waals surface area contributed by atoms with E-state index in [0.29, 0.717) is 27.7 Å². The summed E-state index contributed by atoms with van der Waals surface area (Å²) in [6.07, 6.45) is 0. The molecule has 108 valence electrons. The van der Waals surface area contributed by atoms with Crippen LogP contribution < -0.4 is 15.3 Å². The number of carboxylic acids is 3. The highest BCUT2D eigenvalue weighted by Gasteiger charge is 2.61. The van der Waals surface area contributed by atoms with Crippen molar-refractivity contribution >= 4 is 23.7 Å². The second-order valence-corrected chi connectivity index (χ2v) is 4.88. The van der Waals surface area contributed by atoms with Crippen LogP contribution in [0.25, 0.3) is 0 Å². The molecule has 1 N–H and O–H groups in total. The average Bonchev–Trinajstić information content (AvgIpc) is 2.24. The molecule has 0 aliphatic heterocycles. The lowest BCUT2D eigenvalue weighted by atomic mass is 9.58. The van der Waals surface area contributed by atoms with Gasteiger partial charge in [0.2, 0.25) is 0 Å². The Morgan fingerprint density at radius 1 is 0.842 bits per heavy atom. The number of ketones is 1. The van der Waals surface area contributed by atoms with Crippen molar-refractivity contribution in [3.8, 4) is 0 Å². The number of hydrogen-bond acceptors (Lipinski definition) is 8. The normalized spacial score (nSPS) is 17.9. The summed E-state index contributed by atoms with van der Waals surface area (Å²) in [5.74, 6) is -8.02. The molecule has 0 saturated heterocycles. The zero-order chi connectivity index (χ0) is 15.8. The molecule has 0 aromatic carbocycles. The standard InChI is InChI=1S/C11H16O8/c1-5(12)10(4,7(15)16)11(19,8(17)18)9(2,3)6(13)14/h19H,1-4H3,(H,13,14)(H,15,16)(H,17,18)/p-3. The zero-order valence-electron chi connectivity index (χ0n) is 10.8. The SMILES string of the molecule is CC(=O)C(C)(C(=O)[O-])C(O)(C(=O)[O-])C(C)(C)C(=O)[O-]. The summed E-state index contributed by atoms with van der Waals surface area (Å²) in [5, 5.41) is 43.3. The highest BCUT2D eigenvalue weighted by atomic mass is 16.4. The quantitative estimate of drug-likeness (QED) is 0.475. The van der Waals surface area contributed by atoms with Crippen LogP contribution in [0.4, 0.5) is 0 Å². The van der Waals surface area contributed by atoms with Gasteiger partial charge in [0.05, 0.1) is 17.9 Å². The van der Waals surface area contributed by atoms with E-state index in [1.165, 1.54) is 0 Å². The number of hydrogen-bond donors (Lipinski definition) is 1. The van der Waals surface area contributed by atoms with Crippen molar-refractivity contribution < 1.29 is 39.6 Å². The lowest BCUT2D eigenvalue weighted by molar-refractivity contribution is -0.366. The van der Waals surface area contributed by atoms with Gasteiger partial charge in [-0.05, 0) is 13.8 Å². The number of carboxylic acid groups (broad SMARTS) is 3. The van der Waals surface area contributed by atoms with E-state index >= 15 is 0 Å². The lowest BCUT2D eigenvalue weighted by Gasteiger charge is -2.53. The number of aliphatic hydroxyl groups is 1. The van der Waals surface area contributed by atoms with Crippen molar-refractivity contribution in [2.45, 2.75) is 33.3 Å². The lowest BCUT2D eigenvalue weighted by Crippen LogP contribution is -2.75. The van der Waals surface area contributed by atoms with Crippen molar-refractivity contribution in [2.75, 3.05) is 0 Å². The molecular formula is C11H13O8-3. The van der Waals surface area contributed by atoms with Gasteiger partial charge in [-0.25, -0.2) is 0 Å². The molecule has 19 heavy (non-hydrogen) atoms. The van der Waals surface area contributed by atoms with E-state index in [1.807, 2.05) is 0 Å². The first-order valence-electron chi connectivity index (χ1n) is 5.15. The van der Waals surface area contributed by atoms with E-state index < -0.39 is 40.1 Å². The van der Waals surface area contributed by atoms with E-state index in [1.54, 1.807) is 0 Å². The maximum absolute atomic E-state index is 11.4. The highest BCUT2D eigenvalue weighted by molar-refractivity contribution is 6.08. The van der Waals surface area contributed by atoms with Crippen LogP contribution >= 0.6 is 0 Å². The summed E-state index contributed by atoms with van der Waals surface area (Å²) in [6, 6.07) is 0. The fourth-order valence-corrected chi connectivity index (χ4v) is 1.78. The van der Waals surface area contributed by atoms with E-state index in [0.717, 1.165) is 0 Å². The number of aliphatic carboxylic acids is 3. The Balaban J connectivity index is 6.52. The largest absolute Gasteiger partial charge is 0.549 e. The molecule has 2 atom stereocenters. The van der Waals surface area contributed by atoms with E-state index in [-0.39, 0.29) is 0 Å². The van der Waals surface area contributed by atoms with Crippen LogP contribution in [0.15, 0.2) is 0 Å². The fraction of sp³-hybridized carbons (Fsp3) is 0.636. The number of rotatable bonds is 6. The Hall–Kier alpha value is -1.96. The molecule has 0 aromatic heterocycles. The van der Waals surface area contributed by atoms with Crippen molar-refractivity contribution in [3.63, 3.8) is 0 Å². The molecule has 0 amide bonds. The van der Waals surface area contributed by atoms with Crippen LogP contribution in [0.1, 0.15) is 27.7 Å². The van der Waals surface area contributed by atoms with Gasteiger partial charge in [-0.15, -0.1) is 0 Å². The predicted octanol–water partition coefficient (Wildman–Crippen LogP) is -4.41. The predicted molar refractivity (Wildman–Crippen MR) is 52.5 cm³/mol. The molecule has 0 aliphatic carbocycles. The Bertz CT molecular complexity index is 436. The first-order valence-corrected chi connectivity index (χ1v) is 5.15. The van der Waals surface area contributed by atoms with Crippen LogP contribution in [0, 0.1) is 10.8 Å². The van der Waals surface area contributed by atoms with E-state index in [9.17, 15) is 39.6 Å². The van der Waals surface area contributed by atoms with Crippen molar-refractivity contribution in [3.05, 3.63) is 0 Å². The molecule has 0 spiro atoms. The summed E-state index contributed by atoms with van der Waals surface area (Å²) < 4.78 is 0. The van der Waals surface area contributed by atoms with Crippen LogP contribution in [-0.2, 0) is 19.2 Å². The molecule has 8 heteroatoms. The molecular weight excluding hydrogens is 260 g/mol. The first-order chi connectivity index (χ1) is 8.27. The third-order valence-corrected chi connectivity index (χ3v) is 3.55. The van der Waals surface area contributed by atoms with Crippen LogP contribution in [0.3, 0.4) is 0 Å². The summed E-state index contributed by atoms with van der Waals surface area (Å²) >= 11 is 0. The van der Waals surface area contributed by atoms with Crippen molar-refractivity contribution in [1.29, 1.82) is 0 Å². The summed E-state index contributed by atoms with van der Waals surface area (Å²) in [4.78, 5) is 44.6. The second kappa shape index (κ2) is 4.61. The molecule has 0 fully saturated rings. The topological polar surface area (TPSA) is 158 Å². The summed E-state index contributed by atoms with van der Waals surface area (Å²) in [7, 11) is 0. The van der Waals surface area contributed by atoms with E-state index in [4.69, 9.17) is 0 Å². The molecule has 0 aliphatic rings. The number of Topliss-reactive ketones (excluding diaryl/α,β-unsaturated/α-hetero) is 1. The Morgan fingerprint density at radius 2 is 1.21 bits per heavy atom. The third-order valence-electron chi connectivity index (χ3n) is 3.55. The molecule has 8 nitrogen and oxygen atoms in total. The molecule has 0 aromatic rings. The Labute approximate surface area is 108 Å². The second-order valence-electron chi connectivity index (χ2n) is 4.88. The van der Waals surface area contributed by atoms with Gasteiger partial charge in [0, 0.05) is 5.41 Å². The Kier molecular flexibility index (Phi) is 4.14. The van der Waals surface area contributed by atoms with Gasteiger partial charge >= 0.3 is 0 Å². The van der Waals surface area contributed by atoms with Crippen LogP contribution in [-0.4, -0.2) is 34.4 Å². The first kappa shape index (κ1) is 17.0. The smallest absolute Gasteiger partial charge is 0.144 e. The molecule has 0 bridgehead atoms. The number of carbonyl (C=O) groups is 4. The maximum atomic E-state index is 11.4. The molecule has 0 rings (SSSR count). The number of carbonyl (C=O) groups excluding carboxylic acids is 4. The molecule has 0 radical (unpaired) electrons. The van der Waals surface area contributed by atoms with Gasteiger partial charge < -0.3 is 34.8 Å². The third kappa shape index (κ3) is 1.97. The van der Waals surface area contributed by atoms with Gasteiger partial charge in [-0.1, -0.05) is 13.8 Å². The minimum atomic E-state index is -3.55. The van der Waals surface area contributed by atoms with Gasteiger partial charge in [0.1, 0.15) is 16.8 Å². The zero-order valence-corrected chi connectivity index (χ0v) is 10.8. The molecule has 0 heterocycles. The van der Waals surface area contributed by atoms with Gasteiger partial charge in [-0.2, -0.15) is 0 Å². The maximum Gasteiger partial charge on any atom is 0.144 e. The van der Waals surface area contributed by atoms with Gasteiger partial charge in [-0.3, -0.25) is 4.79 Å².